The van der Waals surface area contributed by atoms with Gasteiger partial charge in [0.2, 0.25) is 11.8 Å². The van der Waals surface area contributed by atoms with Gasteiger partial charge >= 0.3 is 6.18 Å². The molecule has 8 nitrogen and oxygen atoms in total. The predicted molar refractivity (Wildman–Crippen MR) is 81.2 cm³/mol. The molecule has 0 aromatic carbocycles. The van der Waals surface area contributed by atoms with Crippen LogP contribution >= 0.6 is 15.9 Å². The molecule has 126 valence electrons. The van der Waals surface area contributed by atoms with Crippen LogP contribution in [-0.2, 0) is 19.3 Å². The van der Waals surface area contributed by atoms with Gasteiger partial charge in [0, 0.05) is 19.3 Å². The van der Waals surface area contributed by atoms with E-state index >= 15 is 0 Å². The number of halogens is 4. The van der Waals surface area contributed by atoms with Crippen molar-refractivity contribution in [2.24, 2.45) is 0 Å². The molecule has 0 amide bonds. The first-order valence-electron chi connectivity index (χ1n) is 6.88. The predicted octanol–water partition coefficient (Wildman–Crippen LogP) is 1.70. The number of aromatic nitrogens is 6. The van der Waals surface area contributed by atoms with Crippen LogP contribution < -0.4 is 10.6 Å². The summed E-state index contributed by atoms with van der Waals surface area (Å²) in [6.45, 7) is 0.628. The van der Waals surface area contributed by atoms with Gasteiger partial charge < -0.3 is 15.2 Å². The van der Waals surface area contributed by atoms with Gasteiger partial charge in [0.1, 0.15) is 10.1 Å². The van der Waals surface area contributed by atoms with E-state index in [1.165, 1.54) is 0 Å². The highest BCUT2D eigenvalue weighted by atomic mass is 79.9. The molecule has 12 heteroatoms. The van der Waals surface area contributed by atoms with E-state index in [9.17, 15) is 13.2 Å². The summed E-state index contributed by atoms with van der Waals surface area (Å²) in [4.78, 5) is 10.2. The van der Waals surface area contributed by atoms with E-state index in [0.717, 1.165) is 4.57 Å². The molecule has 0 saturated carbocycles. The maximum atomic E-state index is 12.9. The monoisotopic (exact) mass is 402 g/mol. The van der Waals surface area contributed by atoms with E-state index in [1.807, 2.05) is 4.90 Å². The molecule has 0 saturated heterocycles. The van der Waals surface area contributed by atoms with Crippen molar-refractivity contribution in [1.82, 2.24) is 29.1 Å². The van der Waals surface area contributed by atoms with Crippen molar-refractivity contribution in [3.63, 3.8) is 0 Å². The summed E-state index contributed by atoms with van der Waals surface area (Å²) in [7, 11) is 0. The third kappa shape index (κ3) is 2.28. The lowest BCUT2D eigenvalue weighted by molar-refractivity contribution is -0.147. The Hall–Kier alpha value is -2.37. The molecule has 24 heavy (non-hydrogen) atoms. The van der Waals surface area contributed by atoms with Crippen LogP contribution in [0.2, 0.25) is 0 Å². The molecule has 0 fully saturated rings. The zero-order valence-electron chi connectivity index (χ0n) is 12.0. The Morgan fingerprint density at radius 3 is 2.75 bits per heavy atom. The Morgan fingerprint density at radius 2 is 2.00 bits per heavy atom. The minimum Gasteiger partial charge on any atom is -0.382 e. The Bertz CT molecular complexity index is 930. The van der Waals surface area contributed by atoms with Crippen LogP contribution in [0.3, 0.4) is 0 Å². The second kappa shape index (κ2) is 5.06. The summed E-state index contributed by atoms with van der Waals surface area (Å²) in [5, 5.41) is 6.94. The zero-order chi connectivity index (χ0) is 17.1. The van der Waals surface area contributed by atoms with Crippen LogP contribution in [0.25, 0.3) is 5.52 Å². The highest BCUT2D eigenvalue weighted by molar-refractivity contribution is 9.10. The molecule has 0 aliphatic carbocycles. The van der Waals surface area contributed by atoms with Gasteiger partial charge in [-0.15, -0.1) is 10.2 Å². The van der Waals surface area contributed by atoms with Crippen molar-refractivity contribution in [3.05, 3.63) is 28.6 Å². The summed E-state index contributed by atoms with van der Waals surface area (Å²) in [6, 6.07) is 0. The van der Waals surface area contributed by atoms with Crippen molar-refractivity contribution in [2.45, 2.75) is 19.3 Å². The third-order valence-corrected chi connectivity index (χ3v) is 4.17. The summed E-state index contributed by atoms with van der Waals surface area (Å²) in [5.74, 6) is 0.137. The first-order valence-corrected chi connectivity index (χ1v) is 7.67. The second-order valence-corrected chi connectivity index (χ2v) is 6.09. The van der Waals surface area contributed by atoms with Crippen molar-refractivity contribution in [3.8, 4) is 0 Å². The first kappa shape index (κ1) is 15.2. The molecule has 0 spiro atoms. The molecule has 2 N–H and O–H groups in total. The van der Waals surface area contributed by atoms with Crippen LogP contribution in [0.4, 0.5) is 24.9 Å². The summed E-state index contributed by atoms with van der Waals surface area (Å²) in [5.41, 5.74) is 6.48. The van der Waals surface area contributed by atoms with E-state index in [4.69, 9.17) is 5.73 Å². The molecule has 1 aliphatic heterocycles. The lowest BCUT2D eigenvalue weighted by Gasteiger charge is -2.28. The molecule has 0 radical (unpaired) electrons. The molecular formula is C12H10BrF3N8. The number of fused-ring (bicyclic) bond motifs is 2. The average molecular weight is 403 g/mol. The molecule has 3 aromatic heterocycles. The molecule has 1 aliphatic rings. The quantitative estimate of drug-likeness (QED) is 0.666. The Morgan fingerprint density at radius 1 is 1.21 bits per heavy atom. The SMILES string of the molecule is Nc1nc(Br)cn2c(N3CCn4c(nnc4C(F)(F)F)C3)ncc12. The number of imidazole rings is 1. The zero-order valence-corrected chi connectivity index (χ0v) is 13.6. The minimum absolute atomic E-state index is 0.119. The topological polar surface area (TPSA) is 90.2 Å². The number of nitrogen functional groups attached to an aromatic ring is 1. The lowest BCUT2D eigenvalue weighted by atomic mass is 10.3. The number of rotatable bonds is 1. The standard InChI is InChI=1S/C12H10BrF3N8/c13-7-4-24-6(9(17)19-7)3-18-11(24)22-1-2-23-8(5-22)20-21-10(23)12(14,15)16/h3-4H,1-2,5H2,(H2,17,19). The number of anilines is 2. The molecular weight excluding hydrogens is 393 g/mol. The van der Waals surface area contributed by atoms with Crippen LogP contribution in [0.5, 0.6) is 0 Å². The summed E-state index contributed by atoms with van der Waals surface area (Å²) >= 11 is 3.27. The Labute approximate surface area is 141 Å². The second-order valence-electron chi connectivity index (χ2n) is 5.27. The van der Waals surface area contributed by atoms with E-state index in [2.05, 4.69) is 36.1 Å². The van der Waals surface area contributed by atoms with Gasteiger partial charge in [-0.3, -0.25) is 4.40 Å². The van der Waals surface area contributed by atoms with Gasteiger partial charge in [-0.25, -0.2) is 9.97 Å². The van der Waals surface area contributed by atoms with E-state index in [0.29, 0.717) is 28.4 Å². The van der Waals surface area contributed by atoms with Crippen LogP contribution in [0.15, 0.2) is 17.0 Å². The fourth-order valence-corrected chi connectivity index (χ4v) is 3.14. The normalized spacial score (nSPS) is 15.1. The van der Waals surface area contributed by atoms with Crippen molar-refractivity contribution in [2.75, 3.05) is 17.2 Å². The van der Waals surface area contributed by atoms with Crippen LogP contribution in [0.1, 0.15) is 11.6 Å². The summed E-state index contributed by atoms with van der Waals surface area (Å²) < 4.78 is 42.1. The Balaban J connectivity index is 1.72. The number of nitrogens with zero attached hydrogens (tertiary/aromatic N) is 7. The Kier molecular flexibility index (Phi) is 3.20. The van der Waals surface area contributed by atoms with E-state index < -0.39 is 12.0 Å². The summed E-state index contributed by atoms with van der Waals surface area (Å²) in [6.07, 6.45) is -1.24. The maximum Gasteiger partial charge on any atom is 0.451 e. The highest BCUT2D eigenvalue weighted by Gasteiger charge is 2.39. The fourth-order valence-electron chi connectivity index (χ4n) is 2.75. The van der Waals surface area contributed by atoms with Gasteiger partial charge in [0.05, 0.1) is 12.7 Å². The number of hydrogen-bond acceptors (Lipinski definition) is 6. The van der Waals surface area contributed by atoms with E-state index in [-0.39, 0.29) is 18.9 Å². The van der Waals surface area contributed by atoms with Gasteiger partial charge in [-0.05, 0) is 15.9 Å². The van der Waals surface area contributed by atoms with Gasteiger partial charge in [-0.2, -0.15) is 13.2 Å². The van der Waals surface area contributed by atoms with Crippen molar-refractivity contribution < 1.29 is 13.2 Å². The molecule has 0 atom stereocenters. The molecule has 0 bridgehead atoms. The third-order valence-electron chi connectivity index (χ3n) is 3.79. The van der Waals surface area contributed by atoms with Crippen molar-refractivity contribution >= 4 is 33.2 Å². The lowest BCUT2D eigenvalue weighted by Crippen LogP contribution is -2.36. The molecule has 0 unspecified atom stereocenters. The first-order chi connectivity index (χ1) is 11.3. The van der Waals surface area contributed by atoms with Crippen LogP contribution in [-0.4, -0.2) is 35.7 Å². The molecule has 4 rings (SSSR count). The minimum atomic E-state index is -4.52. The van der Waals surface area contributed by atoms with Gasteiger partial charge in [0.15, 0.2) is 11.6 Å². The maximum absolute atomic E-state index is 12.9. The number of alkyl halides is 3. The molecule has 4 heterocycles. The number of hydrogen-bond donors (Lipinski definition) is 1. The fraction of sp³-hybridized carbons (Fsp3) is 0.333. The highest BCUT2D eigenvalue weighted by Crippen LogP contribution is 2.30. The van der Waals surface area contributed by atoms with Gasteiger partial charge in [-0.1, -0.05) is 0 Å². The smallest absolute Gasteiger partial charge is 0.382 e. The molecule has 3 aromatic rings. The van der Waals surface area contributed by atoms with Crippen LogP contribution in [0, 0.1) is 0 Å². The van der Waals surface area contributed by atoms with Gasteiger partial charge in [0.25, 0.3) is 0 Å². The van der Waals surface area contributed by atoms with E-state index in [1.54, 1.807) is 16.8 Å². The average Bonchev–Trinajstić information content (AvgIpc) is 3.09. The number of nitrogens with two attached hydrogens (primary N) is 1. The largest absolute Gasteiger partial charge is 0.451 e. The van der Waals surface area contributed by atoms with Crippen molar-refractivity contribution in [1.29, 1.82) is 0 Å².